The van der Waals surface area contributed by atoms with Crippen molar-refractivity contribution < 1.29 is 19.1 Å². The van der Waals surface area contributed by atoms with Gasteiger partial charge in [-0.2, -0.15) is 0 Å². The van der Waals surface area contributed by atoms with Gasteiger partial charge in [0.05, 0.1) is 24.8 Å². The third kappa shape index (κ3) is 5.29. The lowest BCUT2D eigenvalue weighted by atomic mass is 10.1. The standard InChI is InChI=1S/C17H23BrN2O4/c1-23-9-10-24-8-4-7-19-17(22)13-11-16(21)20(12-13)15-6-3-2-5-14(15)18/h2-3,5-6,13H,4,7-12H2,1H3,(H,19,22). The number of hydrogen-bond donors (Lipinski definition) is 1. The number of halogens is 1. The molecule has 1 aliphatic rings. The largest absolute Gasteiger partial charge is 0.382 e. The zero-order chi connectivity index (χ0) is 17.4. The van der Waals surface area contributed by atoms with Crippen LogP contribution in [0, 0.1) is 5.92 Å². The van der Waals surface area contributed by atoms with Gasteiger partial charge < -0.3 is 19.7 Å². The molecular weight excluding hydrogens is 376 g/mol. The normalized spacial score (nSPS) is 17.3. The molecule has 2 amide bonds. The first-order valence-corrected chi connectivity index (χ1v) is 8.82. The summed E-state index contributed by atoms with van der Waals surface area (Å²) < 4.78 is 11.1. The lowest BCUT2D eigenvalue weighted by molar-refractivity contribution is -0.126. The number of nitrogens with zero attached hydrogens (tertiary/aromatic N) is 1. The summed E-state index contributed by atoms with van der Waals surface area (Å²) in [7, 11) is 1.63. The van der Waals surface area contributed by atoms with Crippen LogP contribution in [-0.2, 0) is 19.1 Å². The number of para-hydroxylation sites is 1. The molecule has 1 fully saturated rings. The van der Waals surface area contributed by atoms with Gasteiger partial charge in [-0.3, -0.25) is 9.59 Å². The summed E-state index contributed by atoms with van der Waals surface area (Å²) in [6.45, 7) is 2.67. The number of carbonyl (C=O) groups is 2. The number of ether oxygens (including phenoxy) is 2. The summed E-state index contributed by atoms with van der Waals surface area (Å²) in [4.78, 5) is 26.1. The maximum absolute atomic E-state index is 12.2. The Kier molecular flexibility index (Phi) is 7.68. The number of amides is 2. The van der Waals surface area contributed by atoms with Crippen molar-refractivity contribution in [1.82, 2.24) is 5.32 Å². The minimum atomic E-state index is -0.306. The van der Waals surface area contributed by atoms with E-state index in [0.29, 0.717) is 32.9 Å². The summed E-state index contributed by atoms with van der Waals surface area (Å²) in [5.41, 5.74) is 0.810. The Balaban J connectivity index is 1.75. The van der Waals surface area contributed by atoms with Crippen LogP contribution in [0.2, 0.25) is 0 Å². The van der Waals surface area contributed by atoms with Crippen molar-refractivity contribution in [2.24, 2.45) is 5.92 Å². The van der Waals surface area contributed by atoms with Gasteiger partial charge in [-0.1, -0.05) is 12.1 Å². The molecule has 0 aliphatic carbocycles. The summed E-state index contributed by atoms with van der Waals surface area (Å²) in [5.74, 6) is -0.404. The Morgan fingerprint density at radius 3 is 2.88 bits per heavy atom. The second-order valence-electron chi connectivity index (χ2n) is 5.61. The summed E-state index contributed by atoms with van der Waals surface area (Å²) in [6, 6.07) is 7.54. The van der Waals surface area contributed by atoms with Crippen molar-refractivity contribution in [3.05, 3.63) is 28.7 Å². The molecule has 0 spiro atoms. The maximum Gasteiger partial charge on any atom is 0.227 e. The first-order valence-electron chi connectivity index (χ1n) is 8.02. The van der Waals surface area contributed by atoms with Crippen LogP contribution in [0.5, 0.6) is 0 Å². The van der Waals surface area contributed by atoms with Gasteiger partial charge in [0.15, 0.2) is 0 Å². The highest BCUT2D eigenvalue weighted by Crippen LogP contribution is 2.31. The average Bonchev–Trinajstić information content (AvgIpc) is 2.96. The van der Waals surface area contributed by atoms with Crippen molar-refractivity contribution in [3.8, 4) is 0 Å². The second-order valence-corrected chi connectivity index (χ2v) is 6.46. The van der Waals surface area contributed by atoms with Crippen molar-refractivity contribution >= 4 is 33.4 Å². The SMILES string of the molecule is COCCOCCCNC(=O)C1CC(=O)N(c2ccccc2Br)C1. The highest BCUT2D eigenvalue weighted by Gasteiger charge is 2.35. The van der Waals surface area contributed by atoms with Crippen LogP contribution in [0.25, 0.3) is 0 Å². The number of hydrogen-bond acceptors (Lipinski definition) is 4. The fourth-order valence-electron chi connectivity index (χ4n) is 2.56. The molecule has 1 saturated heterocycles. The van der Waals surface area contributed by atoms with Crippen molar-refractivity contribution in [2.75, 3.05) is 44.9 Å². The molecule has 2 rings (SSSR count). The zero-order valence-corrected chi connectivity index (χ0v) is 15.4. The molecule has 0 saturated carbocycles. The van der Waals surface area contributed by atoms with E-state index in [2.05, 4.69) is 21.2 Å². The predicted molar refractivity (Wildman–Crippen MR) is 94.9 cm³/mol. The lowest BCUT2D eigenvalue weighted by Gasteiger charge is -2.18. The number of benzene rings is 1. The fourth-order valence-corrected chi connectivity index (χ4v) is 3.06. The third-order valence-electron chi connectivity index (χ3n) is 3.84. The van der Waals surface area contributed by atoms with Gasteiger partial charge in [-0.15, -0.1) is 0 Å². The van der Waals surface area contributed by atoms with Crippen LogP contribution in [0.1, 0.15) is 12.8 Å². The van der Waals surface area contributed by atoms with Gasteiger partial charge in [0.2, 0.25) is 11.8 Å². The van der Waals surface area contributed by atoms with Crippen molar-refractivity contribution in [1.29, 1.82) is 0 Å². The predicted octanol–water partition coefficient (Wildman–Crippen LogP) is 1.97. The Labute approximate surface area is 150 Å². The molecule has 1 unspecified atom stereocenters. The fraction of sp³-hybridized carbons (Fsp3) is 0.529. The van der Waals surface area contributed by atoms with Crippen LogP contribution >= 0.6 is 15.9 Å². The van der Waals surface area contributed by atoms with E-state index >= 15 is 0 Å². The van der Waals surface area contributed by atoms with E-state index in [4.69, 9.17) is 9.47 Å². The Morgan fingerprint density at radius 2 is 2.12 bits per heavy atom. The number of anilines is 1. The molecule has 132 valence electrons. The highest BCUT2D eigenvalue weighted by molar-refractivity contribution is 9.10. The molecule has 0 aromatic heterocycles. The van der Waals surface area contributed by atoms with E-state index in [0.717, 1.165) is 16.6 Å². The van der Waals surface area contributed by atoms with E-state index < -0.39 is 0 Å². The molecule has 0 radical (unpaired) electrons. The molecule has 1 aromatic rings. The zero-order valence-electron chi connectivity index (χ0n) is 13.8. The van der Waals surface area contributed by atoms with Gasteiger partial charge in [-0.25, -0.2) is 0 Å². The monoisotopic (exact) mass is 398 g/mol. The molecule has 1 aliphatic heterocycles. The van der Waals surface area contributed by atoms with Gasteiger partial charge in [-0.05, 0) is 34.5 Å². The molecule has 1 N–H and O–H groups in total. The molecule has 1 atom stereocenters. The average molecular weight is 399 g/mol. The van der Waals surface area contributed by atoms with Crippen LogP contribution < -0.4 is 10.2 Å². The Morgan fingerprint density at radius 1 is 1.33 bits per heavy atom. The van der Waals surface area contributed by atoms with E-state index in [1.807, 2.05) is 24.3 Å². The van der Waals surface area contributed by atoms with Gasteiger partial charge in [0.25, 0.3) is 0 Å². The molecule has 1 heterocycles. The second kappa shape index (κ2) is 9.76. The number of carbonyl (C=O) groups excluding carboxylic acids is 2. The van der Waals surface area contributed by atoms with Crippen LogP contribution in [0.3, 0.4) is 0 Å². The number of rotatable bonds is 9. The van der Waals surface area contributed by atoms with Crippen LogP contribution in [0.15, 0.2) is 28.7 Å². The lowest BCUT2D eigenvalue weighted by Crippen LogP contribution is -2.34. The van der Waals surface area contributed by atoms with E-state index in [9.17, 15) is 9.59 Å². The molecule has 6 nitrogen and oxygen atoms in total. The topological polar surface area (TPSA) is 67.9 Å². The van der Waals surface area contributed by atoms with Crippen molar-refractivity contribution in [3.63, 3.8) is 0 Å². The molecule has 7 heteroatoms. The number of methoxy groups -OCH3 is 1. The first kappa shape index (κ1) is 18.9. The minimum Gasteiger partial charge on any atom is -0.382 e. The van der Waals surface area contributed by atoms with E-state index in [1.165, 1.54) is 0 Å². The maximum atomic E-state index is 12.2. The van der Waals surface area contributed by atoms with Crippen molar-refractivity contribution in [2.45, 2.75) is 12.8 Å². The Bertz CT molecular complexity index is 567. The van der Waals surface area contributed by atoms with E-state index in [1.54, 1.807) is 12.0 Å². The summed E-state index contributed by atoms with van der Waals surface area (Å²) in [5, 5.41) is 2.88. The van der Waals surface area contributed by atoms with Gasteiger partial charge in [0, 0.05) is 37.7 Å². The van der Waals surface area contributed by atoms with Gasteiger partial charge >= 0.3 is 0 Å². The van der Waals surface area contributed by atoms with Crippen LogP contribution in [0.4, 0.5) is 5.69 Å². The number of nitrogens with one attached hydrogen (secondary N) is 1. The minimum absolute atomic E-state index is 0.0232. The highest BCUT2D eigenvalue weighted by atomic mass is 79.9. The first-order chi connectivity index (χ1) is 11.6. The smallest absolute Gasteiger partial charge is 0.227 e. The van der Waals surface area contributed by atoms with E-state index in [-0.39, 0.29) is 24.2 Å². The molecule has 1 aromatic carbocycles. The molecule has 0 bridgehead atoms. The Hall–Kier alpha value is -1.44. The van der Waals surface area contributed by atoms with Gasteiger partial charge in [0.1, 0.15) is 0 Å². The van der Waals surface area contributed by atoms with Crippen LogP contribution in [-0.4, -0.2) is 51.8 Å². The summed E-state index contributed by atoms with van der Waals surface area (Å²) >= 11 is 3.45. The molecular formula is C17H23BrN2O4. The quantitative estimate of drug-likeness (QED) is 0.645. The summed E-state index contributed by atoms with van der Waals surface area (Å²) in [6.07, 6.45) is 0.988. The third-order valence-corrected chi connectivity index (χ3v) is 4.51. The molecule has 24 heavy (non-hydrogen) atoms.